The van der Waals surface area contributed by atoms with Gasteiger partial charge in [0, 0.05) is 19.3 Å². The van der Waals surface area contributed by atoms with Crippen LogP contribution in [0.4, 0.5) is 5.82 Å². The minimum atomic E-state index is -0.149. The molecule has 2 N–H and O–H groups in total. The Balaban J connectivity index is 1.52. The summed E-state index contributed by atoms with van der Waals surface area (Å²) in [4.78, 5) is 16.6. The van der Waals surface area contributed by atoms with Gasteiger partial charge in [-0.1, -0.05) is 42.0 Å². The fourth-order valence-electron chi connectivity index (χ4n) is 2.68. The van der Waals surface area contributed by atoms with Crippen molar-refractivity contribution in [2.45, 2.75) is 20.0 Å². The lowest BCUT2D eigenvalue weighted by molar-refractivity contribution is 0.0950. The zero-order valence-corrected chi connectivity index (χ0v) is 15.5. The Bertz CT molecular complexity index is 890. The molecular formula is C22H23N3O2. The molecule has 0 aliphatic carbocycles. The van der Waals surface area contributed by atoms with Gasteiger partial charge in [0.2, 0.25) is 0 Å². The molecule has 3 rings (SSSR count). The van der Waals surface area contributed by atoms with Crippen molar-refractivity contribution in [1.82, 2.24) is 10.3 Å². The number of benzene rings is 2. The van der Waals surface area contributed by atoms with Gasteiger partial charge in [0.15, 0.2) is 0 Å². The lowest BCUT2D eigenvalue weighted by Crippen LogP contribution is -2.22. The van der Waals surface area contributed by atoms with Crippen molar-refractivity contribution in [3.8, 4) is 5.75 Å². The summed E-state index contributed by atoms with van der Waals surface area (Å²) in [5.74, 6) is 1.38. The Morgan fingerprint density at radius 1 is 1.00 bits per heavy atom. The summed E-state index contributed by atoms with van der Waals surface area (Å²) in [6.07, 6.45) is 1.59. The third-order valence-electron chi connectivity index (χ3n) is 4.19. The lowest BCUT2D eigenvalue weighted by Gasteiger charge is -2.08. The molecule has 0 saturated heterocycles. The maximum Gasteiger partial charge on any atom is 0.253 e. The van der Waals surface area contributed by atoms with E-state index in [0.717, 1.165) is 17.1 Å². The van der Waals surface area contributed by atoms with Crippen LogP contribution in [-0.2, 0) is 13.1 Å². The average molecular weight is 361 g/mol. The van der Waals surface area contributed by atoms with Crippen molar-refractivity contribution in [3.05, 3.63) is 89.1 Å². The molecule has 5 heteroatoms. The number of hydrogen-bond acceptors (Lipinski definition) is 4. The van der Waals surface area contributed by atoms with E-state index in [1.54, 1.807) is 19.4 Å². The second-order valence-electron chi connectivity index (χ2n) is 6.31. The van der Waals surface area contributed by atoms with Crippen LogP contribution in [0.25, 0.3) is 0 Å². The Morgan fingerprint density at radius 2 is 1.81 bits per heavy atom. The van der Waals surface area contributed by atoms with E-state index in [1.807, 2.05) is 36.4 Å². The number of pyridine rings is 1. The standard InChI is InChI=1S/C22H23N3O2/c1-16-4-3-5-18(12-16)14-23-21-11-8-19(15-24-21)22(26)25-13-17-6-9-20(27-2)10-7-17/h3-12,15H,13-14H2,1-2H3,(H,23,24)(H,25,26). The predicted octanol–water partition coefficient (Wildman–Crippen LogP) is 3.94. The van der Waals surface area contributed by atoms with Crippen LogP contribution in [0.5, 0.6) is 5.75 Å². The second kappa shape index (κ2) is 8.85. The first-order valence-electron chi connectivity index (χ1n) is 8.80. The van der Waals surface area contributed by atoms with E-state index in [4.69, 9.17) is 4.74 Å². The van der Waals surface area contributed by atoms with Gasteiger partial charge >= 0.3 is 0 Å². The lowest BCUT2D eigenvalue weighted by atomic mass is 10.1. The summed E-state index contributed by atoms with van der Waals surface area (Å²) in [6, 6.07) is 19.5. The molecular weight excluding hydrogens is 338 g/mol. The van der Waals surface area contributed by atoms with Gasteiger partial charge in [-0.3, -0.25) is 4.79 Å². The summed E-state index contributed by atoms with van der Waals surface area (Å²) in [7, 11) is 1.63. The van der Waals surface area contributed by atoms with Crippen LogP contribution < -0.4 is 15.4 Å². The zero-order valence-electron chi connectivity index (χ0n) is 15.5. The fraction of sp³-hybridized carbons (Fsp3) is 0.182. The third-order valence-corrected chi connectivity index (χ3v) is 4.19. The third kappa shape index (κ3) is 5.31. The van der Waals surface area contributed by atoms with Crippen LogP contribution in [0.3, 0.4) is 0 Å². The Labute approximate surface area is 159 Å². The van der Waals surface area contributed by atoms with E-state index in [0.29, 0.717) is 18.7 Å². The summed E-state index contributed by atoms with van der Waals surface area (Å²) < 4.78 is 5.13. The molecule has 0 aliphatic rings. The van der Waals surface area contributed by atoms with Gasteiger partial charge < -0.3 is 15.4 Å². The molecule has 0 atom stereocenters. The number of nitrogens with zero attached hydrogens (tertiary/aromatic N) is 1. The smallest absolute Gasteiger partial charge is 0.253 e. The SMILES string of the molecule is COc1ccc(CNC(=O)c2ccc(NCc3cccc(C)c3)nc2)cc1. The number of carbonyl (C=O) groups excluding carboxylic acids is 1. The molecule has 3 aromatic rings. The molecule has 0 unspecified atom stereocenters. The summed E-state index contributed by atoms with van der Waals surface area (Å²) in [5, 5.41) is 6.16. The highest BCUT2D eigenvalue weighted by molar-refractivity contribution is 5.94. The fourth-order valence-corrected chi connectivity index (χ4v) is 2.68. The quantitative estimate of drug-likeness (QED) is 0.669. The molecule has 0 radical (unpaired) electrons. The summed E-state index contributed by atoms with van der Waals surface area (Å²) in [5.41, 5.74) is 3.96. The van der Waals surface area contributed by atoms with Gasteiger partial charge in [0.25, 0.3) is 5.91 Å². The molecule has 138 valence electrons. The van der Waals surface area contributed by atoms with Crippen LogP contribution >= 0.6 is 0 Å². The highest BCUT2D eigenvalue weighted by Crippen LogP contribution is 2.12. The number of aryl methyl sites for hydroxylation is 1. The van der Waals surface area contributed by atoms with E-state index in [1.165, 1.54) is 11.1 Å². The summed E-state index contributed by atoms with van der Waals surface area (Å²) >= 11 is 0. The molecule has 0 spiro atoms. The molecule has 0 fully saturated rings. The number of nitrogens with one attached hydrogen (secondary N) is 2. The number of amides is 1. The number of methoxy groups -OCH3 is 1. The molecule has 1 amide bonds. The van der Waals surface area contributed by atoms with E-state index in [2.05, 4.69) is 40.7 Å². The average Bonchev–Trinajstić information content (AvgIpc) is 2.71. The van der Waals surface area contributed by atoms with Crippen molar-refractivity contribution < 1.29 is 9.53 Å². The molecule has 0 aliphatic heterocycles. The van der Waals surface area contributed by atoms with Crippen LogP contribution in [0, 0.1) is 6.92 Å². The first-order chi connectivity index (χ1) is 13.1. The molecule has 27 heavy (non-hydrogen) atoms. The van der Waals surface area contributed by atoms with Gasteiger partial charge in [-0.05, 0) is 42.3 Å². The van der Waals surface area contributed by atoms with Crippen molar-refractivity contribution in [3.63, 3.8) is 0 Å². The first-order valence-corrected chi connectivity index (χ1v) is 8.80. The first kappa shape index (κ1) is 18.5. The Kier molecular flexibility index (Phi) is 6.05. The topological polar surface area (TPSA) is 63.2 Å². The van der Waals surface area contributed by atoms with Crippen molar-refractivity contribution >= 4 is 11.7 Å². The Hall–Kier alpha value is -3.34. The van der Waals surface area contributed by atoms with Gasteiger partial charge in [-0.25, -0.2) is 4.98 Å². The van der Waals surface area contributed by atoms with Crippen molar-refractivity contribution in [2.75, 3.05) is 12.4 Å². The summed E-state index contributed by atoms with van der Waals surface area (Å²) in [6.45, 7) is 3.22. The molecule has 5 nitrogen and oxygen atoms in total. The zero-order chi connectivity index (χ0) is 19.1. The highest BCUT2D eigenvalue weighted by Gasteiger charge is 2.06. The maximum absolute atomic E-state index is 12.3. The van der Waals surface area contributed by atoms with Crippen LogP contribution in [-0.4, -0.2) is 18.0 Å². The molecule has 2 aromatic carbocycles. The van der Waals surface area contributed by atoms with Crippen LogP contribution in [0.1, 0.15) is 27.0 Å². The molecule has 1 heterocycles. The van der Waals surface area contributed by atoms with Crippen LogP contribution in [0.15, 0.2) is 66.9 Å². The molecule has 1 aromatic heterocycles. The molecule has 0 saturated carbocycles. The number of aromatic nitrogens is 1. The second-order valence-corrected chi connectivity index (χ2v) is 6.31. The predicted molar refractivity (Wildman–Crippen MR) is 107 cm³/mol. The van der Waals surface area contributed by atoms with Gasteiger partial charge in [-0.2, -0.15) is 0 Å². The number of rotatable bonds is 7. The minimum Gasteiger partial charge on any atom is -0.497 e. The number of ether oxygens (including phenoxy) is 1. The maximum atomic E-state index is 12.3. The monoisotopic (exact) mass is 361 g/mol. The van der Waals surface area contributed by atoms with Crippen LogP contribution in [0.2, 0.25) is 0 Å². The van der Waals surface area contributed by atoms with E-state index < -0.39 is 0 Å². The number of carbonyl (C=O) groups is 1. The minimum absolute atomic E-state index is 0.149. The van der Waals surface area contributed by atoms with Crippen molar-refractivity contribution in [1.29, 1.82) is 0 Å². The van der Waals surface area contributed by atoms with E-state index >= 15 is 0 Å². The highest BCUT2D eigenvalue weighted by atomic mass is 16.5. The van der Waals surface area contributed by atoms with Gasteiger partial charge in [0.1, 0.15) is 11.6 Å². The van der Waals surface area contributed by atoms with E-state index in [9.17, 15) is 4.79 Å². The van der Waals surface area contributed by atoms with E-state index in [-0.39, 0.29) is 5.91 Å². The van der Waals surface area contributed by atoms with Gasteiger partial charge in [-0.15, -0.1) is 0 Å². The number of anilines is 1. The Morgan fingerprint density at radius 3 is 2.48 bits per heavy atom. The normalized spacial score (nSPS) is 10.3. The largest absolute Gasteiger partial charge is 0.497 e. The van der Waals surface area contributed by atoms with Gasteiger partial charge in [0.05, 0.1) is 12.7 Å². The molecule has 0 bridgehead atoms. The number of hydrogen-bond donors (Lipinski definition) is 2. The van der Waals surface area contributed by atoms with Crippen molar-refractivity contribution in [2.24, 2.45) is 0 Å².